The number of fused-ring (bicyclic) bond motifs is 1. The zero-order valence-electron chi connectivity index (χ0n) is 23.9. The normalized spacial score (nSPS) is 17.9. The van der Waals surface area contributed by atoms with Crippen LogP contribution in [0.15, 0.2) is 59.8 Å². The maximum atomic E-state index is 13.6. The summed E-state index contributed by atoms with van der Waals surface area (Å²) in [5.41, 5.74) is 2.84. The highest BCUT2D eigenvalue weighted by molar-refractivity contribution is 7.85. The molecule has 2 aliphatic rings. The van der Waals surface area contributed by atoms with Gasteiger partial charge in [-0.3, -0.25) is 4.68 Å². The molecule has 5 heterocycles. The van der Waals surface area contributed by atoms with Crippen LogP contribution in [0.3, 0.4) is 0 Å². The van der Waals surface area contributed by atoms with Crippen LogP contribution in [0.4, 0.5) is 16.2 Å². The monoisotopic (exact) mass is 587 g/mol. The van der Waals surface area contributed by atoms with E-state index in [0.717, 1.165) is 29.8 Å². The van der Waals surface area contributed by atoms with Gasteiger partial charge in [-0.1, -0.05) is 4.36 Å². The highest BCUT2D eigenvalue weighted by atomic mass is 32.2. The second kappa shape index (κ2) is 11.1. The number of aromatic nitrogens is 7. The maximum absolute atomic E-state index is 13.6. The zero-order chi connectivity index (χ0) is 29.4. The van der Waals surface area contributed by atoms with Crippen LogP contribution in [0, 0.1) is 12.0 Å². The number of piperazine rings is 1. The first-order chi connectivity index (χ1) is 20.2. The number of hydrogen-bond acceptors (Lipinski definition) is 8. The second-order valence-corrected chi connectivity index (χ2v) is 13.2. The molecular formula is C29H32FN10OS+. The van der Waals surface area contributed by atoms with E-state index in [9.17, 15) is 8.60 Å². The largest absolute Gasteiger partial charge is 0.347 e. The molecule has 1 aromatic carbocycles. The number of benzene rings is 1. The third-order valence-electron chi connectivity index (χ3n) is 7.17. The van der Waals surface area contributed by atoms with Gasteiger partial charge in [-0.15, -0.1) is 0 Å². The molecule has 0 radical (unpaired) electrons. The first-order valence-electron chi connectivity index (χ1n) is 13.7. The SMILES string of the molecule is Cn1cc(C2C=c3c(N4CCN(c5ncc(/C(=N\[S@@](=O)C(C)(C)C)c6ccc(F)cc6)cn5)CC4)ncn[n+]3=C2)cn1. The van der Waals surface area contributed by atoms with E-state index in [-0.39, 0.29) is 11.7 Å². The molecule has 6 rings (SSSR count). The lowest BCUT2D eigenvalue weighted by atomic mass is 10.1. The molecule has 4 aromatic rings. The summed E-state index contributed by atoms with van der Waals surface area (Å²) in [5.74, 6) is 1.24. The minimum Gasteiger partial charge on any atom is -0.347 e. The van der Waals surface area contributed by atoms with Crippen molar-refractivity contribution in [3.05, 3.63) is 89.5 Å². The van der Waals surface area contributed by atoms with Gasteiger partial charge in [-0.2, -0.15) is 9.50 Å². The summed E-state index contributed by atoms with van der Waals surface area (Å²) in [6, 6.07) is 5.97. The summed E-state index contributed by atoms with van der Waals surface area (Å²) >= 11 is 0. The first-order valence-corrected chi connectivity index (χ1v) is 14.8. The van der Waals surface area contributed by atoms with Crippen molar-refractivity contribution < 1.29 is 13.0 Å². The van der Waals surface area contributed by atoms with Crippen LogP contribution >= 0.6 is 0 Å². The van der Waals surface area contributed by atoms with Crippen LogP contribution < -0.4 is 19.5 Å². The molecule has 3 aromatic heterocycles. The van der Waals surface area contributed by atoms with Gasteiger partial charge in [0.1, 0.15) is 16.8 Å². The molecule has 0 amide bonds. The van der Waals surface area contributed by atoms with Gasteiger partial charge < -0.3 is 9.80 Å². The molecule has 0 bridgehead atoms. The Morgan fingerprint density at radius 2 is 1.69 bits per heavy atom. The Balaban J connectivity index is 1.19. The molecule has 0 saturated carbocycles. The van der Waals surface area contributed by atoms with E-state index in [1.807, 2.05) is 44.6 Å². The molecule has 216 valence electrons. The van der Waals surface area contributed by atoms with Crippen molar-refractivity contribution in [2.75, 3.05) is 36.0 Å². The standard InChI is InChI=1S/C29H32FN10OS/c1-29(2,3)42(41)36-26(20-5-7-24(30)8-6-20)22-14-31-28(32-15-22)39-11-9-38(10-12-39)27-25-13-21(18-40(25)35-19-33-27)23-16-34-37(4)17-23/h5-8,13-19,21H,9-12H2,1-4H3/q+1/b36-26-/t21?,42-/m0/s1. The van der Waals surface area contributed by atoms with E-state index in [1.54, 1.807) is 35.5 Å². The molecular weight excluding hydrogens is 555 g/mol. The third kappa shape index (κ3) is 5.69. The molecule has 0 spiro atoms. The molecule has 1 saturated heterocycles. The van der Waals surface area contributed by atoms with Gasteiger partial charge in [0, 0.05) is 79.7 Å². The van der Waals surface area contributed by atoms with Crippen LogP contribution in [0.25, 0.3) is 6.08 Å². The molecule has 0 aliphatic carbocycles. The molecule has 1 fully saturated rings. The lowest BCUT2D eigenvalue weighted by Crippen LogP contribution is -2.51. The van der Waals surface area contributed by atoms with Crippen LogP contribution in [0.2, 0.25) is 0 Å². The number of halogens is 1. The van der Waals surface area contributed by atoms with Crippen molar-refractivity contribution >= 4 is 34.5 Å². The highest BCUT2D eigenvalue weighted by Crippen LogP contribution is 2.21. The number of hydrogen-bond donors (Lipinski definition) is 0. The Labute approximate surface area is 245 Å². The Morgan fingerprint density at radius 1 is 1.00 bits per heavy atom. The average molecular weight is 588 g/mol. The van der Waals surface area contributed by atoms with Crippen molar-refractivity contribution in [2.45, 2.75) is 31.4 Å². The Hall–Kier alpha value is -4.39. The first kappa shape index (κ1) is 27.8. The maximum Gasteiger partial charge on any atom is 0.277 e. The van der Waals surface area contributed by atoms with Gasteiger partial charge in [-0.05, 0) is 45.0 Å². The summed E-state index contributed by atoms with van der Waals surface area (Å²) in [4.78, 5) is 18.3. The fourth-order valence-corrected chi connectivity index (χ4v) is 5.52. The molecule has 2 atom stereocenters. The minimum absolute atomic E-state index is 0.0894. The zero-order valence-corrected chi connectivity index (χ0v) is 24.7. The number of anilines is 2. The predicted octanol–water partition coefficient (Wildman–Crippen LogP) is 1.64. The summed E-state index contributed by atoms with van der Waals surface area (Å²) in [7, 11) is 0.394. The molecule has 2 aliphatic heterocycles. The average Bonchev–Trinajstić information content (AvgIpc) is 3.62. The van der Waals surface area contributed by atoms with E-state index in [0.29, 0.717) is 35.9 Å². The molecule has 1 unspecified atom stereocenters. The quantitative estimate of drug-likeness (QED) is 0.247. The lowest BCUT2D eigenvalue weighted by molar-refractivity contribution is -0.589. The topological polar surface area (TPSA) is 111 Å². The summed E-state index contributed by atoms with van der Waals surface area (Å²) in [5, 5.41) is 9.70. The number of nitrogens with zero attached hydrogens (tertiary/aromatic N) is 10. The van der Waals surface area contributed by atoms with Crippen molar-refractivity contribution in [1.29, 1.82) is 0 Å². The van der Waals surface area contributed by atoms with Gasteiger partial charge >= 0.3 is 0 Å². The fraction of sp³-hybridized carbons (Fsp3) is 0.345. The number of rotatable bonds is 6. The Kier molecular flexibility index (Phi) is 7.35. The van der Waals surface area contributed by atoms with Crippen LogP contribution in [0.5, 0.6) is 0 Å². The smallest absolute Gasteiger partial charge is 0.277 e. The summed E-state index contributed by atoms with van der Waals surface area (Å²) in [6.45, 7) is 8.49. The van der Waals surface area contributed by atoms with Crippen LogP contribution in [-0.2, 0) is 18.0 Å². The van der Waals surface area contributed by atoms with E-state index >= 15 is 0 Å². The molecule has 11 nitrogen and oxygen atoms in total. The van der Waals surface area contributed by atoms with E-state index in [4.69, 9.17) is 0 Å². The predicted molar refractivity (Wildman–Crippen MR) is 158 cm³/mol. The van der Waals surface area contributed by atoms with Crippen molar-refractivity contribution in [2.24, 2.45) is 11.4 Å². The van der Waals surface area contributed by atoms with E-state index in [2.05, 4.69) is 51.6 Å². The second-order valence-electron chi connectivity index (χ2n) is 11.3. The van der Waals surface area contributed by atoms with E-state index in [1.165, 1.54) is 12.1 Å². The summed E-state index contributed by atoms with van der Waals surface area (Å²) in [6.07, 6.45) is 13.1. The van der Waals surface area contributed by atoms with Crippen molar-refractivity contribution in [1.82, 2.24) is 29.8 Å². The molecule has 13 heteroatoms. The highest BCUT2D eigenvalue weighted by Gasteiger charge is 2.28. The Morgan fingerprint density at radius 3 is 2.33 bits per heavy atom. The van der Waals surface area contributed by atoms with E-state index < -0.39 is 15.7 Å². The van der Waals surface area contributed by atoms with Gasteiger partial charge in [0.25, 0.3) is 5.35 Å². The van der Waals surface area contributed by atoms with Crippen LogP contribution in [0.1, 0.15) is 43.4 Å². The van der Waals surface area contributed by atoms with Gasteiger partial charge in [0.05, 0.1) is 22.6 Å². The van der Waals surface area contributed by atoms with Crippen molar-refractivity contribution in [3.63, 3.8) is 0 Å². The summed E-state index contributed by atoms with van der Waals surface area (Å²) < 4.78 is 34.1. The minimum atomic E-state index is -1.52. The van der Waals surface area contributed by atoms with Gasteiger partial charge in [-0.25, -0.2) is 23.6 Å². The van der Waals surface area contributed by atoms with Crippen LogP contribution in [-0.4, -0.2) is 70.7 Å². The van der Waals surface area contributed by atoms with Gasteiger partial charge in [0.2, 0.25) is 11.8 Å². The lowest BCUT2D eigenvalue weighted by Gasteiger charge is -2.34. The molecule has 42 heavy (non-hydrogen) atoms. The van der Waals surface area contributed by atoms with Crippen molar-refractivity contribution in [3.8, 4) is 0 Å². The number of aryl methyl sites for hydroxylation is 1. The fourth-order valence-electron chi connectivity index (χ4n) is 4.86. The van der Waals surface area contributed by atoms with Gasteiger partial charge in [0.15, 0.2) is 12.5 Å². The third-order valence-corrected chi connectivity index (χ3v) is 8.57. The molecule has 0 N–H and O–H groups in total. The Bertz CT molecular complexity index is 1770.